The van der Waals surface area contributed by atoms with E-state index >= 15 is 0 Å². The standard InChI is InChI=1S/C27H26N2/c1-18-13-19(2)15-24(14-18)27(20-8-11-26(12-9-20)29(3)4)23-6-5-22-17-25(28)10-7-21(22)16-23/h5-17,28H,1-4H3/b27-23+,28-25?. The zero-order valence-corrected chi connectivity index (χ0v) is 17.5. The fraction of sp³-hybridized carbons (Fsp3) is 0.148. The van der Waals surface area contributed by atoms with Crippen LogP contribution in [0.15, 0.2) is 66.7 Å². The van der Waals surface area contributed by atoms with Gasteiger partial charge in [0.1, 0.15) is 0 Å². The lowest BCUT2D eigenvalue weighted by atomic mass is 9.92. The van der Waals surface area contributed by atoms with Gasteiger partial charge >= 0.3 is 0 Å². The Hall–Kier alpha value is -3.39. The maximum absolute atomic E-state index is 7.88. The first-order valence-corrected chi connectivity index (χ1v) is 9.90. The Labute approximate surface area is 172 Å². The Morgan fingerprint density at radius 3 is 2.10 bits per heavy atom. The second-order valence-corrected chi connectivity index (χ2v) is 7.97. The number of hydrogen-bond acceptors (Lipinski definition) is 2. The summed E-state index contributed by atoms with van der Waals surface area (Å²) in [5.41, 5.74) is 9.10. The average Bonchev–Trinajstić information content (AvgIpc) is 2.68. The minimum Gasteiger partial charge on any atom is -0.378 e. The van der Waals surface area contributed by atoms with Gasteiger partial charge in [0.05, 0.1) is 5.71 Å². The lowest BCUT2D eigenvalue weighted by Crippen LogP contribution is -2.18. The van der Waals surface area contributed by atoms with Crippen LogP contribution in [-0.4, -0.2) is 19.8 Å². The minimum absolute atomic E-state index is 0.544. The lowest BCUT2D eigenvalue weighted by Gasteiger charge is -2.15. The first-order chi connectivity index (χ1) is 13.9. The molecule has 29 heavy (non-hydrogen) atoms. The lowest BCUT2D eigenvalue weighted by molar-refractivity contribution is 1.13. The molecule has 0 saturated heterocycles. The normalized spacial score (nSPS) is 13.6. The molecule has 1 aliphatic carbocycles. The SMILES string of the molecule is Cc1cc(C)cc(/C(c2ccc(N(C)C)cc2)=c2\ccc3c(c2)C=CC(=N)C=3)c1. The van der Waals surface area contributed by atoms with Crippen LogP contribution in [0, 0.1) is 19.3 Å². The molecule has 0 saturated carbocycles. The summed E-state index contributed by atoms with van der Waals surface area (Å²) in [4.78, 5) is 2.12. The van der Waals surface area contributed by atoms with Gasteiger partial charge in [0.25, 0.3) is 0 Å². The zero-order chi connectivity index (χ0) is 20.5. The Balaban J connectivity index is 2.01. The highest BCUT2D eigenvalue weighted by Gasteiger charge is 2.10. The molecule has 2 nitrogen and oxygen atoms in total. The van der Waals surface area contributed by atoms with Crippen molar-refractivity contribution in [2.75, 3.05) is 19.0 Å². The van der Waals surface area contributed by atoms with Crippen LogP contribution in [0.25, 0.3) is 17.7 Å². The molecule has 0 amide bonds. The maximum atomic E-state index is 7.88. The molecule has 3 aromatic rings. The molecule has 0 fully saturated rings. The number of rotatable bonds is 3. The van der Waals surface area contributed by atoms with Crippen LogP contribution in [-0.2, 0) is 0 Å². The van der Waals surface area contributed by atoms with E-state index < -0.39 is 0 Å². The van der Waals surface area contributed by atoms with E-state index in [1.165, 1.54) is 38.7 Å². The zero-order valence-electron chi connectivity index (χ0n) is 17.5. The summed E-state index contributed by atoms with van der Waals surface area (Å²) in [6.07, 6.45) is 5.81. The van der Waals surface area contributed by atoms with E-state index in [2.05, 4.69) is 93.5 Å². The van der Waals surface area contributed by atoms with Gasteiger partial charge in [-0.1, -0.05) is 59.7 Å². The molecular weight excluding hydrogens is 352 g/mol. The summed E-state index contributed by atoms with van der Waals surface area (Å²) < 4.78 is 0. The smallest absolute Gasteiger partial charge is 0.0546 e. The van der Waals surface area contributed by atoms with Crippen molar-refractivity contribution in [3.63, 3.8) is 0 Å². The first kappa shape index (κ1) is 18.9. The summed E-state index contributed by atoms with van der Waals surface area (Å²) in [6, 6.07) is 22.0. The van der Waals surface area contributed by atoms with E-state index in [1.807, 2.05) is 18.2 Å². The Kier molecular flexibility index (Phi) is 4.94. The van der Waals surface area contributed by atoms with Crippen LogP contribution < -0.4 is 15.3 Å². The molecule has 4 rings (SSSR count). The quantitative estimate of drug-likeness (QED) is 0.717. The third kappa shape index (κ3) is 3.93. The van der Waals surface area contributed by atoms with E-state index in [0.717, 1.165) is 10.8 Å². The summed E-state index contributed by atoms with van der Waals surface area (Å²) in [5, 5.41) is 10.2. The van der Waals surface area contributed by atoms with Crippen LogP contribution in [0.4, 0.5) is 5.69 Å². The van der Waals surface area contributed by atoms with Crippen molar-refractivity contribution in [3.8, 4) is 0 Å². The Bertz CT molecular complexity index is 1220. The number of aryl methyl sites for hydroxylation is 2. The monoisotopic (exact) mass is 378 g/mol. The molecule has 1 N–H and O–H groups in total. The molecule has 0 aliphatic heterocycles. The summed E-state index contributed by atoms with van der Waals surface area (Å²) in [5.74, 6) is 0. The van der Waals surface area contributed by atoms with Crippen LogP contribution >= 0.6 is 0 Å². The van der Waals surface area contributed by atoms with E-state index in [-0.39, 0.29) is 0 Å². The number of hydrogen-bond donors (Lipinski definition) is 1. The van der Waals surface area contributed by atoms with Crippen molar-refractivity contribution < 1.29 is 0 Å². The van der Waals surface area contributed by atoms with Crippen LogP contribution in [0.1, 0.15) is 27.8 Å². The molecule has 3 aromatic carbocycles. The predicted octanol–water partition coefficient (Wildman–Crippen LogP) is 4.44. The van der Waals surface area contributed by atoms with E-state index in [0.29, 0.717) is 5.71 Å². The Morgan fingerprint density at radius 2 is 1.45 bits per heavy atom. The average molecular weight is 379 g/mol. The molecule has 0 unspecified atom stereocenters. The van der Waals surface area contributed by atoms with Crippen molar-refractivity contribution in [1.29, 1.82) is 5.41 Å². The molecule has 0 heterocycles. The van der Waals surface area contributed by atoms with Crippen molar-refractivity contribution in [3.05, 3.63) is 105 Å². The summed E-state index contributed by atoms with van der Waals surface area (Å²) in [7, 11) is 4.13. The second kappa shape index (κ2) is 7.56. The molecule has 0 bridgehead atoms. The third-order valence-electron chi connectivity index (χ3n) is 5.31. The Morgan fingerprint density at radius 1 is 0.759 bits per heavy atom. The highest BCUT2D eigenvalue weighted by molar-refractivity contribution is 6.18. The molecule has 144 valence electrons. The van der Waals surface area contributed by atoms with Gasteiger partial charge in [0.15, 0.2) is 0 Å². The highest BCUT2D eigenvalue weighted by atomic mass is 15.1. The van der Waals surface area contributed by atoms with Gasteiger partial charge < -0.3 is 10.3 Å². The number of benzene rings is 3. The number of allylic oxidation sites excluding steroid dienone is 1. The molecule has 0 aromatic heterocycles. The topological polar surface area (TPSA) is 27.1 Å². The van der Waals surface area contributed by atoms with Gasteiger partial charge in [-0.3, -0.25) is 0 Å². The number of anilines is 1. The number of fused-ring (bicyclic) bond motifs is 1. The first-order valence-electron chi connectivity index (χ1n) is 9.90. The summed E-state index contributed by atoms with van der Waals surface area (Å²) >= 11 is 0. The van der Waals surface area contributed by atoms with Crippen LogP contribution in [0.3, 0.4) is 0 Å². The van der Waals surface area contributed by atoms with E-state index in [1.54, 1.807) is 0 Å². The van der Waals surface area contributed by atoms with Gasteiger partial charge in [-0.25, -0.2) is 0 Å². The van der Waals surface area contributed by atoms with E-state index in [9.17, 15) is 0 Å². The molecule has 1 aliphatic rings. The van der Waals surface area contributed by atoms with Gasteiger partial charge in [0, 0.05) is 19.8 Å². The molecular formula is C27H26N2. The van der Waals surface area contributed by atoms with Crippen molar-refractivity contribution in [2.45, 2.75) is 13.8 Å². The number of nitrogens with zero attached hydrogens (tertiary/aromatic N) is 1. The molecule has 2 heteroatoms. The van der Waals surface area contributed by atoms with Crippen LogP contribution in [0.2, 0.25) is 0 Å². The summed E-state index contributed by atoms with van der Waals surface area (Å²) in [6.45, 7) is 4.30. The highest BCUT2D eigenvalue weighted by Crippen LogP contribution is 2.25. The predicted molar refractivity (Wildman–Crippen MR) is 125 cm³/mol. The van der Waals surface area contributed by atoms with Gasteiger partial charge in [-0.2, -0.15) is 0 Å². The van der Waals surface area contributed by atoms with Gasteiger partial charge in [-0.15, -0.1) is 0 Å². The maximum Gasteiger partial charge on any atom is 0.0546 e. The van der Waals surface area contributed by atoms with Gasteiger partial charge in [-0.05, 0) is 76.9 Å². The van der Waals surface area contributed by atoms with Crippen LogP contribution in [0.5, 0.6) is 0 Å². The third-order valence-corrected chi connectivity index (χ3v) is 5.31. The molecule has 0 atom stereocenters. The fourth-order valence-corrected chi connectivity index (χ4v) is 3.95. The minimum atomic E-state index is 0.544. The van der Waals surface area contributed by atoms with Gasteiger partial charge in [0.2, 0.25) is 0 Å². The van der Waals surface area contributed by atoms with Crippen molar-refractivity contribution in [2.24, 2.45) is 0 Å². The number of nitrogens with one attached hydrogen (secondary N) is 1. The molecule has 0 radical (unpaired) electrons. The van der Waals surface area contributed by atoms with Crippen molar-refractivity contribution >= 4 is 29.1 Å². The largest absolute Gasteiger partial charge is 0.378 e. The second-order valence-electron chi connectivity index (χ2n) is 7.97. The molecule has 0 spiro atoms. The van der Waals surface area contributed by atoms with Crippen molar-refractivity contribution in [1.82, 2.24) is 0 Å². The fourth-order valence-electron chi connectivity index (χ4n) is 3.95. The van der Waals surface area contributed by atoms with E-state index in [4.69, 9.17) is 5.41 Å².